The molecule has 3 unspecified atom stereocenters. The SMILES string of the molecule is COC(=O)NC1=CC=C(c2cnc(C3C(c4ccccc4)CCCN3C(=O)C=Cc3cc(Cl)ccc3-n3cnnn3)[nH]2)C(Br)C1. The van der Waals surface area contributed by atoms with Crippen LogP contribution in [0.3, 0.4) is 0 Å². The molecule has 13 heteroatoms. The van der Waals surface area contributed by atoms with Gasteiger partial charge in [-0.05, 0) is 64.8 Å². The van der Waals surface area contributed by atoms with Crippen molar-refractivity contribution in [2.45, 2.75) is 36.0 Å². The van der Waals surface area contributed by atoms with E-state index < -0.39 is 6.09 Å². The van der Waals surface area contributed by atoms with Crippen molar-refractivity contribution in [3.05, 3.63) is 113 Å². The number of aromatic amines is 1. The number of alkyl halides is 1. The van der Waals surface area contributed by atoms with Crippen LogP contribution in [0, 0.1) is 0 Å². The van der Waals surface area contributed by atoms with Crippen molar-refractivity contribution in [3.8, 4) is 5.69 Å². The highest BCUT2D eigenvalue weighted by Gasteiger charge is 2.38. The zero-order valence-corrected chi connectivity index (χ0v) is 26.6. The Bertz CT molecular complexity index is 1770. The zero-order valence-electron chi connectivity index (χ0n) is 24.3. The van der Waals surface area contributed by atoms with Gasteiger partial charge in [0.15, 0.2) is 0 Å². The number of allylic oxidation sites excluding steroid dienone is 4. The van der Waals surface area contributed by atoms with Crippen LogP contribution in [0.1, 0.15) is 53.9 Å². The van der Waals surface area contributed by atoms with Crippen molar-refractivity contribution in [3.63, 3.8) is 0 Å². The summed E-state index contributed by atoms with van der Waals surface area (Å²) in [5.74, 6) is 0.605. The summed E-state index contributed by atoms with van der Waals surface area (Å²) in [6.07, 6.45) is 12.2. The topological polar surface area (TPSA) is 131 Å². The number of tetrazole rings is 1. The number of amides is 2. The van der Waals surface area contributed by atoms with Crippen LogP contribution in [-0.4, -0.2) is 65.6 Å². The van der Waals surface area contributed by atoms with Crippen molar-refractivity contribution in [1.29, 1.82) is 0 Å². The molecule has 3 atom stereocenters. The number of nitrogens with one attached hydrogen (secondary N) is 2. The van der Waals surface area contributed by atoms with Crippen LogP contribution in [0.4, 0.5) is 4.79 Å². The monoisotopic (exact) mass is 688 g/mol. The highest BCUT2D eigenvalue weighted by atomic mass is 79.9. The molecule has 230 valence electrons. The molecule has 1 aliphatic carbocycles. The Labute approximate surface area is 273 Å². The summed E-state index contributed by atoms with van der Waals surface area (Å²) in [6.45, 7) is 0.581. The van der Waals surface area contributed by atoms with Gasteiger partial charge in [-0.2, -0.15) is 4.68 Å². The predicted molar refractivity (Wildman–Crippen MR) is 174 cm³/mol. The fraction of sp³-hybridized carbons (Fsp3) is 0.250. The Balaban J connectivity index is 1.32. The fourth-order valence-electron chi connectivity index (χ4n) is 5.86. The first kappa shape index (κ1) is 30.5. The van der Waals surface area contributed by atoms with E-state index >= 15 is 0 Å². The van der Waals surface area contributed by atoms with E-state index in [1.807, 2.05) is 47.5 Å². The average Bonchev–Trinajstić information content (AvgIpc) is 3.77. The van der Waals surface area contributed by atoms with Gasteiger partial charge in [-0.25, -0.2) is 9.78 Å². The van der Waals surface area contributed by atoms with E-state index in [-0.39, 0.29) is 22.7 Å². The van der Waals surface area contributed by atoms with Crippen molar-refractivity contribution >= 4 is 51.2 Å². The Morgan fingerprint density at radius 1 is 1.18 bits per heavy atom. The number of benzene rings is 2. The molecular formula is C32H30BrClN8O3. The molecule has 0 radical (unpaired) electrons. The summed E-state index contributed by atoms with van der Waals surface area (Å²) >= 11 is 10.1. The van der Waals surface area contributed by atoms with E-state index in [0.717, 1.165) is 35.4 Å². The van der Waals surface area contributed by atoms with E-state index in [2.05, 4.69) is 53.9 Å². The maximum Gasteiger partial charge on any atom is 0.411 e. The molecule has 2 aliphatic rings. The predicted octanol–water partition coefficient (Wildman–Crippen LogP) is 5.99. The number of rotatable bonds is 7. The summed E-state index contributed by atoms with van der Waals surface area (Å²) in [6, 6.07) is 15.3. The number of halogens is 2. The quantitative estimate of drug-likeness (QED) is 0.180. The first-order valence-electron chi connectivity index (χ1n) is 14.4. The lowest BCUT2D eigenvalue weighted by Crippen LogP contribution is -2.41. The number of H-pyrrole nitrogens is 1. The lowest BCUT2D eigenvalue weighted by atomic mass is 9.83. The van der Waals surface area contributed by atoms with Gasteiger partial charge in [0.25, 0.3) is 0 Å². The lowest BCUT2D eigenvalue weighted by molar-refractivity contribution is -0.130. The van der Waals surface area contributed by atoms with Gasteiger partial charge < -0.3 is 14.6 Å². The van der Waals surface area contributed by atoms with Gasteiger partial charge in [0.1, 0.15) is 12.2 Å². The minimum Gasteiger partial charge on any atom is -0.453 e. The van der Waals surface area contributed by atoms with Crippen LogP contribution in [0.2, 0.25) is 5.02 Å². The second-order valence-corrected chi connectivity index (χ2v) is 12.3. The molecule has 11 nitrogen and oxygen atoms in total. The van der Waals surface area contributed by atoms with Crippen LogP contribution >= 0.6 is 27.5 Å². The van der Waals surface area contributed by atoms with Gasteiger partial charge in [-0.1, -0.05) is 63.9 Å². The first-order chi connectivity index (χ1) is 21.9. The third-order valence-electron chi connectivity index (χ3n) is 7.97. The van der Waals surface area contributed by atoms with Gasteiger partial charge in [0.05, 0.1) is 30.7 Å². The molecule has 2 amide bonds. The van der Waals surface area contributed by atoms with Gasteiger partial charge in [0.2, 0.25) is 5.91 Å². The second-order valence-electron chi connectivity index (χ2n) is 10.7. The number of aromatic nitrogens is 6. The van der Waals surface area contributed by atoms with Crippen LogP contribution < -0.4 is 5.32 Å². The number of hydrogen-bond acceptors (Lipinski definition) is 7. The summed E-state index contributed by atoms with van der Waals surface area (Å²) in [4.78, 5) is 35.8. The molecule has 2 aromatic heterocycles. The van der Waals surface area contributed by atoms with Gasteiger partial charge in [-0.3, -0.25) is 10.1 Å². The number of hydrogen-bond donors (Lipinski definition) is 2. The van der Waals surface area contributed by atoms with E-state index in [1.54, 1.807) is 24.3 Å². The molecule has 1 fully saturated rings. The fourth-order valence-corrected chi connectivity index (χ4v) is 6.79. The van der Waals surface area contributed by atoms with E-state index in [0.29, 0.717) is 35.1 Å². The molecule has 3 heterocycles. The summed E-state index contributed by atoms with van der Waals surface area (Å²) in [5, 5.41) is 14.7. The number of likely N-dealkylation sites (tertiary alicyclic amines) is 1. The molecule has 2 N–H and O–H groups in total. The molecule has 1 aliphatic heterocycles. The Morgan fingerprint density at radius 2 is 2.02 bits per heavy atom. The molecular weight excluding hydrogens is 660 g/mol. The van der Waals surface area contributed by atoms with Gasteiger partial charge in [-0.15, -0.1) is 5.10 Å². The van der Waals surface area contributed by atoms with Crippen molar-refractivity contribution in [2.24, 2.45) is 0 Å². The van der Waals surface area contributed by atoms with Crippen LogP contribution in [0.15, 0.2) is 85.0 Å². The van der Waals surface area contributed by atoms with Gasteiger partial charge in [0, 0.05) is 46.1 Å². The van der Waals surface area contributed by atoms with Gasteiger partial charge >= 0.3 is 6.09 Å². The number of nitrogens with zero attached hydrogens (tertiary/aromatic N) is 6. The highest BCUT2D eigenvalue weighted by molar-refractivity contribution is 9.09. The standard InChI is InChI=1S/C32H30BrClN8O3/c1-45-32(44)37-23-11-12-25(26(33)17-23)27-18-35-31(38-27)30-24(20-6-3-2-4-7-20)8-5-15-41(30)29(43)14-9-21-16-22(34)10-13-28(21)42-19-36-39-40-42/h2-4,6-7,9-14,16,18-19,24,26,30H,5,8,15,17H2,1H3,(H,35,38)(H,37,44). The smallest absolute Gasteiger partial charge is 0.411 e. The van der Waals surface area contributed by atoms with Crippen molar-refractivity contribution in [2.75, 3.05) is 13.7 Å². The lowest BCUT2D eigenvalue weighted by Gasteiger charge is -2.40. The van der Waals surface area contributed by atoms with Crippen LogP contribution in [0.25, 0.3) is 17.3 Å². The minimum absolute atomic E-state index is 0.0371. The summed E-state index contributed by atoms with van der Waals surface area (Å²) < 4.78 is 6.25. The Hall–Kier alpha value is -4.55. The van der Waals surface area contributed by atoms with Crippen molar-refractivity contribution in [1.82, 2.24) is 40.4 Å². The zero-order chi connectivity index (χ0) is 31.3. The normalized spacial score (nSPS) is 20.1. The highest BCUT2D eigenvalue weighted by Crippen LogP contribution is 2.42. The second kappa shape index (κ2) is 13.6. The average molecular weight is 690 g/mol. The number of alkyl carbamates (subject to hydrolysis) is 1. The van der Waals surface area contributed by atoms with E-state index in [9.17, 15) is 9.59 Å². The third-order valence-corrected chi connectivity index (χ3v) is 9.02. The Kier molecular flexibility index (Phi) is 9.22. The minimum atomic E-state index is -0.508. The number of methoxy groups -OCH3 is 1. The number of carbonyl (C=O) groups is 2. The molecule has 0 spiro atoms. The molecule has 6 rings (SSSR count). The first-order valence-corrected chi connectivity index (χ1v) is 15.7. The molecule has 0 saturated carbocycles. The maximum absolute atomic E-state index is 14.0. The number of imidazole rings is 1. The molecule has 1 saturated heterocycles. The largest absolute Gasteiger partial charge is 0.453 e. The van der Waals surface area contributed by atoms with Crippen LogP contribution in [-0.2, 0) is 9.53 Å². The van der Waals surface area contributed by atoms with E-state index in [1.165, 1.54) is 18.1 Å². The summed E-state index contributed by atoms with van der Waals surface area (Å²) in [5.41, 5.74) is 5.13. The molecule has 45 heavy (non-hydrogen) atoms. The number of carbonyl (C=O) groups excluding carboxylic acids is 2. The van der Waals surface area contributed by atoms with Crippen molar-refractivity contribution < 1.29 is 14.3 Å². The molecule has 0 bridgehead atoms. The van der Waals surface area contributed by atoms with E-state index in [4.69, 9.17) is 21.3 Å². The molecule has 4 aromatic rings. The Morgan fingerprint density at radius 3 is 2.78 bits per heavy atom. The molecule has 2 aromatic carbocycles. The maximum atomic E-state index is 14.0. The number of ether oxygens (including phenoxy) is 1. The number of piperidine rings is 1. The summed E-state index contributed by atoms with van der Waals surface area (Å²) in [7, 11) is 1.33. The van der Waals surface area contributed by atoms with Crippen LogP contribution in [0.5, 0.6) is 0 Å². The third kappa shape index (κ3) is 6.76.